The minimum Gasteiger partial charge on any atom is -0.490 e. The lowest BCUT2D eigenvalue weighted by Gasteiger charge is -2.15. The lowest BCUT2D eigenvalue weighted by Crippen LogP contribution is -2.34. The van der Waals surface area contributed by atoms with Gasteiger partial charge in [0.05, 0.1) is 12.2 Å². The van der Waals surface area contributed by atoms with Crippen LogP contribution in [0.4, 0.5) is 5.69 Å². The van der Waals surface area contributed by atoms with Crippen LogP contribution in [-0.4, -0.2) is 30.8 Å². The quantitative estimate of drug-likeness (QED) is 0.571. The van der Waals surface area contributed by atoms with Gasteiger partial charge in [0, 0.05) is 12.3 Å². The van der Waals surface area contributed by atoms with Gasteiger partial charge in [0.15, 0.2) is 5.11 Å². The second-order valence-electron chi connectivity index (χ2n) is 5.72. The van der Waals surface area contributed by atoms with Crippen LogP contribution in [0.3, 0.4) is 0 Å². The summed E-state index contributed by atoms with van der Waals surface area (Å²) in [5.41, 5.74) is 3.44. The minimum absolute atomic E-state index is 0.247. The van der Waals surface area contributed by atoms with Crippen molar-refractivity contribution < 1.29 is 14.3 Å². The molecule has 0 aliphatic rings. The van der Waals surface area contributed by atoms with Gasteiger partial charge in [-0.3, -0.25) is 10.1 Å². The Bertz CT molecular complexity index is 757. The molecule has 6 heteroatoms. The molecule has 0 aromatic heterocycles. The number of amides is 1. The monoisotopic (exact) mass is 372 g/mol. The number of nitrogens with one attached hydrogen (secondary N) is 2. The molecule has 2 rings (SSSR count). The number of thiocarbonyl (C=S) groups is 1. The number of para-hydroxylation sites is 2. The van der Waals surface area contributed by atoms with Crippen LogP contribution in [0.15, 0.2) is 42.5 Å². The number of hydrogen-bond donors (Lipinski definition) is 2. The Balaban J connectivity index is 2.02. The number of aryl methyl sites for hydroxylation is 2. The summed E-state index contributed by atoms with van der Waals surface area (Å²) >= 11 is 5.29. The van der Waals surface area contributed by atoms with Crippen LogP contribution in [0, 0.1) is 13.8 Å². The molecule has 0 spiro atoms. The fraction of sp³-hybridized carbons (Fsp3) is 0.300. The highest BCUT2D eigenvalue weighted by molar-refractivity contribution is 7.80. The van der Waals surface area contributed by atoms with E-state index in [1.54, 1.807) is 18.2 Å². The van der Waals surface area contributed by atoms with E-state index in [0.29, 0.717) is 31.1 Å². The van der Waals surface area contributed by atoms with E-state index in [-0.39, 0.29) is 11.0 Å². The molecule has 2 aromatic carbocycles. The van der Waals surface area contributed by atoms with Gasteiger partial charge in [0.25, 0.3) is 5.91 Å². The van der Waals surface area contributed by atoms with Crippen molar-refractivity contribution in [1.29, 1.82) is 0 Å². The van der Waals surface area contributed by atoms with Crippen molar-refractivity contribution in [1.82, 2.24) is 5.32 Å². The van der Waals surface area contributed by atoms with Crippen molar-refractivity contribution in [2.24, 2.45) is 0 Å². The molecule has 2 aromatic rings. The molecular formula is C20H24N2O3S. The van der Waals surface area contributed by atoms with Crippen LogP contribution in [0.25, 0.3) is 0 Å². The maximum absolute atomic E-state index is 12.6. The predicted molar refractivity (Wildman–Crippen MR) is 108 cm³/mol. The van der Waals surface area contributed by atoms with Crippen molar-refractivity contribution in [3.05, 3.63) is 59.2 Å². The first-order valence-electron chi connectivity index (χ1n) is 8.51. The first-order chi connectivity index (χ1) is 12.5. The number of hydrogen-bond acceptors (Lipinski definition) is 4. The van der Waals surface area contributed by atoms with Gasteiger partial charge in [-0.25, -0.2) is 0 Å². The van der Waals surface area contributed by atoms with Gasteiger partial charge < -0.3 is 14.8 Å². The third kappa shape index (κ3) is 5.54. The Labute approximate surface area is 159 Å². The van der Waals surface area contributed by atoms with Gasteiger partial charge >= 0.3 is 0 Å². The number of ether oxygens (including phenoxy) is 2. The average molecular weight is 372 g/mol. The summed E-state index contributed by atoms with van der Waals surface area (Å²) in [5.74, 6) is 0.181. The molecule has 0 saturated heterocycles. The largest absolute Gasteiger partial charge is 0.490 e. The third-order valence-electron chi connectivity index (χ3n) is 3.77. The molecule has 1 amide bonds. The molecule has 26 heavy (non-hydrogen) atoms. The topological polar surface area (TPSA) is 59.6 Å². The molecule has 0 aliphatic heterocycles. The van der Waals surface area contributed by atoms with E-state index in [2.05, 4.69) is 10.6 Å². The Kier molecular flexibility index (Phi) is 7.56. The first kappa shape index (κ1) is 19.9. The number of carbonyl (C=O) groups excluding carboxylic acids is 1. The number of rotatable bonds is 7. The smallest absolute Gasteiger partial charge is 0.261 e. The molecule has 0 fully saturated rings. The second-order valence-corrected chi connectivity index (χ2v) is 6.12. The van der Waals surface area contributed by atoms with Crippen LogP contribution < -0.4 is 15.4 Å². The van der Waals surface area contributed by atoms with Crippen LogP contribution in [0.2, 0.25) is 0 Å². The normalized spacial score (nSPS) is 10.3. The number of anilines is 1. The number of benzene rings is 2. The van der Waals surface area contributed by atoms with Gasteiger partial charge in [-0.15, -0.1) is 0 Å². The molecule has 0 bridgehead atoms. The standard InChI is InChI=1S/C20H24N2O3S/c1-4-24-12-13-25-17-11-6-5-10-16(17)19(23)22-20(26)21-18-14(2)8-7-9-15(18)3/h5-11H,4,12-13H2,1-3H3,(H2,21,22,23,26). The number of carbonyl (C=O) groups is 1. The molecule has 0 radical (unpaired) electrons. The van der Waals surface area contributed by atoms with Gasteiger partial charge in [-0.2, -0.15) is 0 Å². The van der Waals surface area contributed by atoms with Crippen molar-refractivity contribution >= 4 is 28.9 Å². The Morgan fingerprint density at radius 1 is 1.04 bits per heavy atom. The summed E-state index contributed by atoms with van der Waals surface area (Å²) in [6.07, 6.45) is 0. The zero-order chi connectivity index (χ0) is 18.9. The highest BCUT2D eigenvalue weighted by Crippen LogP contribution is 2.20. The molecule has 0 saturated carbocycles. The van der Waals surface area contributed by atoms with Gasteiger partial charge in [-0.05, 0) is 56.2 Å². The summed E-state index contributed by atoms with van der Waals surface area (Å²) in [7, 11) is 0. The summed E-state index contributed by atoms with van der Waals surface area (Å²) in [6, 6.07) is 13.0. The van der Waals surface area contributed by atoms with E-state index in [4.69, 9.17) is 21.7 Å². The van der Waals surface area contributed by atoms with Crippen LogP contribution in [0.1, 0.15) is 28.4 Å². The lowest BCUT2D eigenvalue weighted by atomic mass is 10.1. The highest BCUT2D eigenvalue weighted by Gasteiger charge is 2.14. The van der Waals surface area contributed by atoms with Crippen LogP contribution in [0.5, 0.6) is 5.75 Å². The highest BCUT2D eigenvalue weighted by atomic mass is 32.1. The summed E-state index contributed by atoms with van der Waals surface area (Å²) in [5, 5.41) is 6.06. The Morgan fingerprint density at radius 3 is 2.42 bits per heavy atom. The summed E-state index contributed by atoms with van der Waals surface area (Å²) < 4.78 is 10.9. The third-order valence-corrected chi connectivity index (χ3v) is 3.97. The fourth-order valence-electron chi connectivity index (χ4n) is 2.46. The fourth-order valence-corrected chi connectivity index (χ4v) is 2.66. The van der Waals surface area contributed by atoms with E-state index in [9.17, 15) is 4.79 Å². The molecule has 0 heterocycles. The first-order valence-corrected chi connectivity index (χ1v) is 8.92. The van der Waals surface area contributed by atoms with Crippen molar-refractivity contribution in [3.8, 4) is 5.75 Å². The van der Waals surface area contributed by atoms with Crippen LogP contribution >= 0.6 is 12.2 Å². The Hall–Kier alpha value is -2.44. The molecule has 0 atom stereocenters. The van der Waals surface area contributed by atoms with E-state index < -0.39 is 0 Å². The average Bonchev–Trinajstić information content (AvgIpc) is 2.62. The predicted octanol–water partition coefficient (Wildman–Crippen LogP) is 3.85. The Morgan fingerprint density at radius 2 is 1.73 bits per heavy atom. The van der Waals surface area contributed by atoms with Crippen molar-refractivity contribution in [3.63, 3.8) is 0 Å². The zero-order valence-corrected chi connectivity index (χ0v) is 16.1. The zero-order valence-electron chi connectivity index (χ0n) is 15.3. The van der Waals surface area contributed by atoms with E-state index in [1.807, 2.05) is 45.0 Å². The maximum Gasteiger partial charge on any atom is 0.261 e. The van der Waals surface area contributed by atoms with E-state index in [0.717, 1.165) is 16.8 Å². The van der Waals surface area contributed by atoms with Crippen LogP contribution in [-0.2, 0) is 4.74 Å². The molecule has 2 N–H and O–H groups in total. The van der Waals surface area contributed by atoms with E-state index in [1.165, 1.54) is 0 Å². The second kappa shape index (κ2) is 9.89. The summed E-state index contributed by atoms with van der Waals surface area (Å²) in [4.78, 5) is 12.6. The van der Waals surface area contributed by atoms with E-state index >= 15 is 0 Å². The van der Waals surface area contributed by atoms with Gasteiger partial charge in [0.1, 0.15) is 12.4 Å². The molecular weight excluding hydrogens is 348 g/mol. The molecule has 0 aliphatic carbocycles. The van der Waals surface area contributed by atoms with Crippen molar-refractivity contribution in [2.75, 3.05) is 25.1 Å². The van der Waals surface area contributed by atoms with Crippen molar-refractivity contribution in [2.45, 2.75) is 20.8 Å². The molecule has 138 valence electrons. The lowest BCUT2D eigenvalue weighted by molar-refractivity contribution is 0.0958. The molecule has 0 unspecified atom stereocenters. The SMILES string of the molecule is CCOCCOc1ccccc1C(=O)NC(=S)Nc1c(C)cccc1C. The summed E-state index contributed by atoms with van der Waals surface area (Å²) in [6.45, 7) is 7.38. The van der Waals surface area contributed by atoms with Gasteiger partial charge in [-0.1, -0.05) is 30.3 Å². The maximum atomic E-state index is 12.6. The minimum atomic E-state index is -0.319. The molecule has 5 nitrogen and oxygen atoms in total. The van der Waals surface area contributed by atoms with Gasteiger partial charge in [0.2, 0.25) is 0 Å².